The van der Waals surface area contributed by atoms with Crippen molar-refractivity contribution in [2.75, 3.05) is 29.2 Å². The first kappa shape index (κ1) is 15.3. The molecule has 1 unspecified atom stereocenters. The first-order valence-electron chi connectivity index (χ1n) is 8.63. The van der Waals surface area contributed by atoms with Crippen molar-refractivity contribution in [3.8, 4) is 0 Å². The third kappa shape index (κ3) is 2.80. The third-order valence-electron chi connectivity index (χ3n) is 5.11. The number of hydrogen-bond acceptors (Lipinski definition) is 5. The Morgan fingerprint density at radius 2 is 2.17 bits per heavy atom. The number of nitrogens with zero attached hydrogens (tertiary/aromatic N) is 2. The molecular weight excluding hydrogens is 300 g/mol. The highest BCUT2D eigenvalue weighted by Crippen LogP contribution is 2.35. The van der Waals surface area contributed by atoms with Gasteiger partial charge in [0, 0.05) is 43.7 Å². The van der Waals surface area contributed by atoms with E-state index in [1.807, 2.05) is 19.4 Å². The van der Waals surface area contributed by atoms with Gasteiger partial charge in [0.1, 0.15) is 5.82 Å². The van der Waals surface area contributed by atoms with Crippen LogP contribution in [0.25, 0.3) is 0 Å². The van der Waals surface area contributed by atoms with Crippen molar-refractivity contribution in [2.45, 2.75) is 38.5 Å². The van der Waals surface area contributed by atoms with E-state index in [1.54, 1.807) is 0 Å². The van der Waals surface area contributed by atoms with E-state index in [1.165, 1.54) is 11.3 Å². The molecular formula is C19H24N4O. The molecule has 0 spiro atoms. The number of methoxy groups -OCH3 is 1. The van der Waals surface area contributed by atoms with Gasteiger partial charge in [-0.1, -0.05) is 6.07 Å². The maximum Gasteiger partial charge on any atom is 0.135 e. The van der Waals surface area contributed by atoms with Gasteiger partial charge in [0.15, 0.2) is 0 Å². The molecule has 2 aromatic rings. The number of fused-ring (bicyclic) bond motifs is 2. The van der Waals surface area contributed by atoms with Crippen LogP contribution in [0.5, 0.6) is 0 Å². The average Bonchev–Trinajstić information content (AvgIpc) is 2.80. The zero-order valence-electron chi connectivity index (χ0n) is 14.2. The van der Waals surface area contributed by atoms with Gasteiger partial charge in [-0.3, -0.25) is 0 Å². The number of ether oxygens (including phenoxy) is 1. The number of benzene rings is 1. The second-order valence-corrected chi connectivity index (χ2v) is 6.64. The van der Waals surface area contributed by atoms with E-state index >= 15 is 0 Å². The fourth-order valence-electron chi connectivity index (χ4n) is 3.70. The lowest BCUT2D eigenvalue weighted by Gasteiger charge is -2.39. The molecule has 0 amide bonds. The normalized spacial score (nSPS) is 22.7. The molecule has 0 aliphatic carbocycles. The van der Waals surface area contributed by atoms with Crippen LogP contribution in [0.15, 0.2) is 36.5 Å². The maximum atomic E-state index is 5.53. The highest BCUT2D eigenvalue weighted by atomic mass is 16.5. The predicted octanol–water partition coefficient (Wildman–Crippen LogP) is 3.75. The van der Waals surface area contributed by atoms with Crippen LogP contribution in [0, 0.1) is 0 Å². The summed E-state index contributed by atoms with van der Waals surface area (Å²) >= 11 is 0. The monoisotopic (exact) mass is 324 g/mol. The Morgan fingerprint density at radius 1 is 1.25 bits per heavy atom. The van der Waals surface area contributed by atoms with Crippen LogP contribution in [0.4, 0.5) is 22.9 Å². The standard InChI is InChI=1S/C19H24N4O/c1-13-10-16(24-2)7-9-23(13)15-5-6-17-18(11-15)21-12-14-4-3-8-20-19(14)22-17/h3-6,8,11,13,16,21H,7,9-10,12H2,1-2H3,(H,20,22)/t13-,16?/m0/s1. The number of pyridine rings is 1. The van der Waals surface area contributed by atoms with Crippen LogP contribution in [-0.4, -0.2) is 30.8 Å². The van der Waals surface area contributed by atoms with E-state index in [9.17, 15) is 0 Å². The Bertz CT molecular complexity index is 733. The number of aromatic nitrogens is 1. The molecule has 1 aromatic heterocycles. The highest BCUT2D eigenvalue weighted by Gasteiger charge is 2.26. The first-order valence-corrected chi connectivity index (χ1v) is 8.63. The van der Waals surface area contributed by atoms with Gasteiger partial charge in [0.25, 0.3) is 0 Å². The van der Waals surface area contributed by atoms with Gasteiger partial charge in [-0.25, -0.2) is 4.98 Å². The molecule has 24 heavy (non-hydrogen) atoms. The SMILES string of the molecule is COC1CCN(c2ccc3c(c2)NCc2cccnc2N3)[C@@H](C)C1. The Labute approximate surface area is 143 Å². The molecule has 0 saturated carbocycles. The number of nitrogens with one attached hydrogen (secondary N) is 2. The molecule has 5 heteroatoms. The van der Waals surface area contributed by atoms with Crippen LogP contribution in [-0.2, 0) is 11.3 Å². The minimum Gasteiger partial charge on any atom is -0.381 e. The molecule has 1 fully saturated rings. The fraction of sp³-hybridized carbons (Fsp3) is 0.421. The number of anilines is 4. The summed E-state index contributed by atoms with van der Waals surface area (Å²) in [4.78, 5) is 6.92. The second kappa shape index (κ2) is 6.32. The van der Waals surface area contributed by atoms with Crippen LogP contribution in [0.1, 0.15) is 25.3 Å². The molecule has 2 aliphatic rings. The van der Waals surface area contributed by atoms with Crippen molar-refractivity contribution in [1.82, 2.24) is 4.98 Å². The van der Waals surface area contributed by atoms with E-state index in [4.69, 9.17) is 4.74 Å². The molecule has 2 aliphatic heterocycles. The quantitative estimate of drug-likeness (QED) is 0.881. The van der Waals surface area contributed by atoms with E-state index in [-0.39, 0.29) is 0 Å². The molecule has 1 saturated heterocycles. The summed E-state index contributed by atoms with van der Waals surface area (Å²) in [6.07, 6.45) is 4.37. The molecule has 4 rings (SSSR count). The van der Waals surface area contributed by atoms with E-state index in [0.717, 1.165) is 43.1 Å². The Balaban J connectivity index is 1.59. The van der Waals surface area contributed by atoms with Crippen LogP contribution in [0.3, 0.4) is 0 Å². The van der Waals surface area contributed by atoms with Crippen LogP contribution >= 0.6 is 0 Å². The van der Waals surface area contributed by atoms with Gasteiger partial charge >= 0.3 is 0 Å². The molecule has 0 radical (unpaired) electrons. The number of rotatable bonds is 2. The molecule has 0 bridgehead atoms. The summed E-state index contributed by atoms with van der Waals surface area (Å²) in [5, 5.41) is 6.99. The average molecular weight is 324 g/mol. The maximum absolute atomic E-state index is 5.53. The predicted molar refractivity (Wildman–Crippen MR) is 98.1 cm³/mol. The summed E-state index contributed by atoms with van der Waals surface area (Å²) in [6.45, 7) is 4.10. The van der Waals surface area contributed by atoms with Gasteiger partial charge in [0.2, 0.25) is 0 Å². The lowest BCUT2D eigenvalue weighted by atomic mass is 9.99. The van der Waals surface area contributed by atoms with Crippen molar-refractivity contribution < 1.29 is 4.74 Å². The summed E-state index contributed by atoms with van der Waals surface area (Å²) in [6, 6.07) is 11.2. The minimum absolute atomic E-state index is 0.387. The first-order chi connectivity index (χ1) is 11.7. The Hall–Kier alpha value is -2.27. The van der Waals surface area contributed by atoms with Crippen LogP contribution < -0.4 is 15.5 Å². The Morgan fingerprint density at radius 3 is 3.00 bits per heavy atom. The molecule has 2 atom stereocenters. The topological polar surface area (TPSA) is 49.4 Å². The van der Waals surface area contributed by atoms with E-state index in [2.05, 4.69) is 51.7 Å². The van der Waals surface area contributed by atoms with Gasteiger partial charge < -0.3 is 20.3 Å². The van der Waals surface area contributed by atoms with Crippen molar-refractivity contribution >= 4 is 22.9 Å². The lowest BCUT2D eigenvalue weighted by molar-refractivity contribution is 0.0721. The summed E-state index contributed by atoms with van der Waals surface area (Å²) < 4.78 is 5.53. The summed E-state index contributed by atoms with van der Waals surface area (Å²) in [7, 11) is 1.82. The molecule has 1 aromatic carbocycles. The lowest BCUT2D eigenvalue weighted by Crippen LogP contribution is -2.43. The highest BCUT2D eigenvalue weighted by molar-refractivity contribution is 5.80. The smallest absolute Gasteiger partial charge is 0.135 e. The zero-order chi connectivity index (χ0) is 16.5. The summed E-state index contributed by atoms with van der Waals surface area (Å²) in [5.41, 5.74) is 4.66. The van der Waals surface area contributed by atoms with Crippen molar-refractivity contribution in [2.24, 2.45) is 0 Å². The number of hydrogen-bond donors (Lipinski definition) is 2. The van der Waals surface area contributed by atoms with Crippen molar-refractivity contribution in [3.05, 3.63) is 42.1 Å². The largest absolute Gasteiger partial charge is 0.381 e. The van der Waals surface area contributed by atoms with E-state index in [0.29, 0.717) is 12.1 Å². The van der Waals surface area contributed by atoms with Gasteiger partial charge in [-0.15, -0.1) is 0 Å². The second-order valence-electron chi connectivity index (χ2n) is 6.64. The zero-order valence-corrected chi connectivity index (χ0v) is 14.2. The van der Waals surface area contributed by atoms with Crippen LogP contribution in [0.2, 0.25) is 0 Å². The van der Waals surface area contributed by atoms with Gasteiger partial charge in [-0.05, 0) is 44.0 Å². The molecule has 126 valence electrons. The molecule has 2 N–H and O–H groups in total. The minimum atomic E-state index is 0.387. The van der Waals surface area contributed by atoms with Gasteiger partial charge in [0.05, 0.1) is 17.5 Å². The van der Waals surface area contributed by atoms with E-state index < -0.39 is 0 Å². The summed E-state index contributed by atoms with van der Waals surface area (Å²) in [5.74, 6) is 0.936. The van der Waals surface area contributed by atoms with Gasteiger partial charge in [-0.2, -0.15) is 0 Å². The Kier molecular flexibility index (Phi) is 4.02. The molecule has 5 nitrogen and oxygen atoms in total. The number of piperidine rings is 1. The van der Waals surface area contributed by atoms with Crippen molar-refractivity contribution in [3.63, 3.8) is 0 Å². The fourth-order valence-corrected chi connectivity index (χ4v) is 3.70. The molecule has 3 heterocycles. The third-order valence-corrected chi connectivity index (χ3v) is 5.11. The van der Waals surface area contributed by atoms with Crippen molar-refractivity contribution in [1.29, 1.82) is 0 Å².